The number of H-pyrrole nitrogens is 1. The van der Waals surface area contributed by atoms with E-state index < -0.39 is 100 Å². The van der Waals surface area contributed by atoms with Crippen molar-refractivity contribution < 1.29 is 73.3 Å². The van der Waals surface area contributed by atoms with E-state index in [1.807, 2.05) is 13.8 Å². The molecule has 1 saturated heterocycles. The molecule has 2 unspecified atom stereocenters. The molecule has 2 aliphatic heterocycles. The molecule has 0 amide bonds. The number of aromatic amines is 1. The minimum absolute atomic E-state index is 0.000402. The number of aliphatic carboxylic acids is 2. The fourth-order valence-corrected chi connectivity index (χ4v) is 6.64. The number of anilines is 4. The fraction of sp³-hybridized carbons (Fsp3) is 0.600. The molecule has 296 valence electrons. The standard InChI is InChI=1S/C30H45N6O16P/c1-12(21-13(2)33-26-22(34-21)27(44)36-30(31)35-26)32-15-5-3-14(4-6-15)9-16(37)23(41)17(38)10-49-29-25(43)24(42)19(51-29)11-50-53(47,48)52-18(28(45)46)7-8-20(39)40/h3-6,12-13,16-19,21,23-25,29,32,34,37-38,41-43H,7-11H2,1-2H3,(H,39,40)(H,45,46)(H,47,48)(H4,31,33,35,36,44)/t12-,13+,16+,17-,18+,19-,21?,23+,24-,25-,29+/m1/s1. The number of nitrogen functional groups attached to an aromatic ring is 1. The Bertz CT molecular complexity index is 1670. The Balaban J connectivity index is 1.22. The topological polar surface area (TPSA) is 358 Å². The summed E-state index contributed by atoms with van der Waals surface area (Å²) in [4.78, 5) is 50.7. The maximum Gasteiger partial charge on any atom is 0.473 e. The molecule has 2 aliphatic rings. The maximum atomic E-state index is 12.3. The quantitative estimate of drug-likeness (QED) is 0.0685. The van der Waals surface area contributed by atoms with Crippen molar-refractivity contribution in [2.24, 2.45) is 0 Å². The van der Waals surface area contributed by atoms with E-state index in [1.165, 1.54) is 0 Å². The van der Waals surface area contributed by atoms with Gasteiger partial charge in [-0.15, -0.1) is 0 Å². The van der Waals surface area contributed by atoms with E-state index in [9.17, 15) is 49.4 Å². The Morgan fingerprint density at radius 3 is 2.42 bits per heavy atom. The largest absolute Gasteiger partial charge is 0.481 e. The first-order valence-electron chi connectivity index (χ1n) is 16.4. The van der Waals surface area contributed by atoms with Gasteiger partial charge in [0.25, 0.3) is 5.56 Å². The van der Waals surface area contributed by atoms with Gasteiger partial charge in [-0.1, -0.05) is 12.1 Å². The van der Waals surface area contributed by atoms with E-state index in [1.54, 1.807) is 24.3 Å². The molecule has 22 nitrogen and oxygen atoms in total. The second-order valence-electron chi connectivity index (χ2n) is 12.7. The molecule has 53 heavy (non-hydrogen) atoms. The van der Waals surface area contributed by atoms with E-state index in [0.29, 0.717) is 11.4 Å². The number of phosphoric ester groups is 1. The molecular formula is C30H45N6O16P. The Morgan fingerprint density at radius 1 is 1.09 bits per heavy atom. The Hall–Kier alpha value is -3.93. The lowest BCUT2D eigenvalue weighted by Gasteiger charge is -2.37. The summed E-state index contributed by atoms with van der Waals surface area (Å²) in [5.41, 5.74) is 6.76. The summed E-state index contributed by atoms with van der Waals surface area (Å²) in [5.74, 6) is -2.63. The number of phosphoric acid groups is 1. The summed E-state index contributed by atoms with van der Waals surface area (Å²) >= 11 is 0. The van der Waals surface area contributed by atoms with Crippen LogP contribution in [0.15, 0.2) is 29.1 Å². The van der Waals surface area contributed by atoms with Gasteiger partial charge in [-0.2, -0.15) is 4.98 Å². The number of carbonyl (C=O) groups is 2. The number of aromatic nitrogens is 2. The lowest BCUT2D eigenvalue weighted by Crippen LogP contribution is -2.51. The third kappa shape index (κ3) is 11.3. The second-order valence-corrected chi connectivity index (χ2v) is 14.1. The molecule has 1 aromatic heterocycles. The van der Waals surface area contributed by atoms with Gasteiger partial charge in [0.1, 0.15) is 42.0 Å². The van der Waals surface area contributed by atoms with Gasteiger partial charge < -0.3 is 76.8 Å². The molecule has 14 N–H and O–H groups in total. The van der Waals surface area contributed by atoms with Crippen molar-refractivity contribution in [1.29, 1.82) is 0 Å². The fourth-order valence-electron chi connectivity index (χ4n) is 5.73. The molecule has 1 fully saturated rings. The number of fused-ring (bicyclic) bond motifs is 1. The first-order valence-corrected chi connectivity index (χ1v) is 17.9. The minimum atomic E-state index is -5.11. The lowest BCUT2D eigenvalue weighted by molar-refractivity contribution is -0.192. The smallest absolute Gasteiger partial charge is 0.473 e. The van der Waals surface area contributed by atoms with E-state index in [4.69, 9.17) is 25.4 Å². The number of nitrogens with zero attached hydrogens (tertiary/aromatic N) is 1. The van der Waals surface area contributed by atoms with Crippen molar-refractivity contribution >= 4 is 42.9 Å². The van der Waals surface area contributed by atoms with E-state index in [0.717, 1.165) is 5.69 Å². The number of rotatable bonds is 19. The summed E-state index contributed by atoms with van der Waals surface area (Å²) in [7, 11) is -5.11. The Labute approximate surface area is 301 Å². The molecule has 12 atom stereocenters. The third-order valence-corrected chi connectivity index (χ3v) is 9.59. The number of aliphatic hydroxyl groups excluding tert-OH is 5. The monoisotopic (exact) mass is 776 g/mol. The zero-order chi connectivity index (χ0) is 39.2. The molecule has 3 heterocycles. The van der Waals surface area contributed by atoms with Gasteiger partial charge in [0.05, 0.1) is 25.4 Å². The number of hydrogen-bond donors (Lipinski definition) is 13. The highest BCUT2D eigenvalue weighted by molar-refractivity contribution is 7.47. The van der Waals surface area contributed by atoms with Crippen molar-refractivity contribution in [3.8, 4) is 0 Å². The van der Waals surface area contributed by atoms with Crippen LogP contribution >= 0.6 is 7.82 Å². The first kappa shape index (κ1) is 41.8. The van der Waals surface area contributed by atoms with Gasteiger partial charge >= 0.3 is 19.8 Å². The van der Waals surface area contributed by atoms with Crippen molar-refractivity contribution in [2.75, 3.05) is 34.9 Å². The molecule has 0 spiro atoms. The molecule has 4 rings (SSSR count). The average molecular weight is 777 g/mol. The van der Waals surface area contributed by atoms with Crippen LogP contribution in [0, 0.1) is 0 Å². The van der Waals surface area contributed by atoms with Crippen LogP contribution in [0.5, 0.6) is 0 Å². The number of nitrogens with two attached hydrogens (primary N) is 1. The molecule has 0 radical (unpaired) electrons. The molecule has 0 bridgehead atoms. The van der Waals surface area contributed by atoms with Gasteiger partial charge in [0.15, 0.2) is 12.4 Å². The van der Waals surface area contributed by atoms with Gasteiger partial charge in [-0.05, 0) is 38.0 Å². The van der Waals surface area contributed by atoms with Crippen molar-refractivity contribution in [2.45, 2.75) is 100 Å². The van der Waals surface area contributed by atoms with Crippen LogP contribution in [0.25, 0.3) is 0 Å². The van der Waals surface area contributed by atoms with Crippen LogP contribution < -0.4 is 27.2 Å². The van der Waals surface area contributed by atoms with E-state index >= 15 is 0 Å². The van der Waals surface area contributed by atoms with Gasteiger partial charge in [-0.3, -0.25) is 18.6 Å². The van der Waals surface area contributed by atoms with Gasteiger partial charge in [-0.25, -0.2) is 9.36 Å². The highest BCUT2D eigenvalue weighted by atomic mass is 31.2. The predicted octanol–water partition coefficient (Wildman–Crippen LogP) is -2.01. The number of carboxylic acids is 2. The number of benzene rings is 1. The molecule has 0 aliphatic carbocycles. The number of nitrogens with one attached hydrogen (secondary N) is 4. The Morgan fingerprint density at radius 2 is 1.77 bits per heavy atom. The van der Waals surface area contributed by atoms with Crippen LogP contribution in [0.2, 0.25) is 0 Å². The lowest BCUT2D eigenvalue weighted by atomic mass is 9.98. The highest BCUT2D eigenvalue weighted by Crippen LogP contribution is 2.46. The summed E-state index contributed by atoms with van der Waals surface area (Å²) in [5, 5.41) is 79.8. The average Bonchev–Trinajstić information content (AvgIpc) is 3.35. The molecule has 0 saturated carbocycles. The van der Waals surface area contributed by atoms with Crippen molar-refractivity contribution in [1.82, 2.24) is 9.97 Å². The molecule has 2 aromatic rings. The number of aliphatic hydroxyl groups is 5. The van der Waals surface area contributed by atoms with Gasteiger partial charge in [0, 0.05) is 30.6 Å². The summed E-state index contributed by atoms with van der Waals surface area (Å²) in [6.07, 6.45) is -14.9. The third-order valence-electron chi connectivity index (χ3n) is 8.59. The first-order chi connectivity index (χ1) is 24.8. The number of hydrogen-bond acceptors (Lipinski definition) is 18. The van der Waals surface area contributed by atoms with Crippen LogP contribution in [0.4, 0.5) is 23.1 Å². The molecule has 1 aromatic carbocycles. The Kier molecular flexibility index (Phi) is 14.1. The number of ether oxygens (including phenoxy) is 2. The van der Waals surface area contributed by atoms with Crippen LogP contribution in [0.1, 0.15) is 32.3 Å². The van der Waals surface area contributed by atoms with E-state index in [-0.39, 0.29) is 36.2 Å². The highest BCUT2D eigenvalue weighted by Gasteiger charge is 2.45. The van der Waals surface area contributed by atoms with E-state index in [2.05, 4.69) is 35.0 Å². The SMILES string of the molecule is C[C@@H]1Nc2[nH]c(N)nc(=O)c2NC1[C@@H](C)Nc1ccc(C[C@H](O)[C@H](O)[C@H](O)CO[C@H]2O[C@H](COP(=O)(O)O[C@@H](CCC(=O)O)C(=O)O)[C@@H](O)[C@H]2O)cc1. The van der Waals surface area contributed by atoms with Crippen molar-refractivity contribution in [3.63, 3.8) is 0 Å². The maximum absolute atomic E-state index is 12.3. The summed E-state index contributed by atoms with van der Waals surface area (Å²) in [6.45, 7) is 2.28. The molecule has 23 heteroatoms. The summed E-state index contributed by atoms with van der Waals surface area (Å²) < 4.78 is 32.0. The number of carboxylic acid groups (broad SMARTS) is 2. The minimum Gasteiger partial charge on any atom is -0.481 e. The predicted molar refractivity (Wildman–Crippen MR) is 183 cm³/mol. The molecular weight excluding hydrogens is 731 g/mol. The normalized spacial score (nSPS) is 26.5. The van der Waals surface area contributed by atoms with Crippen LogP contribution in [0.3, 0.4) is 0 Å². The second kappa shape index (κ2) is 17.9. The van der Waals surface area contributed by atoms with Gasteiger partial charge in [0.2, 0.25) is 5.95 Å². The summed E-state index contributed by atoms with van der Waals surface area (Å²) in [6, 6.07) is 6.41. The van der Waals surface area contributed by atoms with Crippen LogP contribution in [-0.4, -0.2) is 143 Å². The zero-order valence-electron chi connectivity index (χ0n) is 28.5. The van der Waals surface area contributed by atoms with Crippen molar-refractivity contribution in [3.05, 3.63) is 40.2 Å². The zero-order valence-corrected chi connectivity index (χ0v) is 29.4. The van der Waals surface area contributed by atoms with Crippen LogP contribution in [-0.2, 0) is 39.1 Å².